The van der Waals surface area contributed by atoms with Gasteiger partial charge in [-0.05, 0) is 60.2 Å². The van der Waals surface area contributed by atoms with Crippen LogP contribution in [0.5, 0.6) is 11.5 Å². The summed E-state index contributed by atoms with van der Waals surface area (Å²) in [5, 5.41) is 0. The number of benzene rings is 3. The molecule has 0 heterocycles. The predicted octanol–water partition coefficient (Wildman–Crippen LogP) is 4.88. The van der Waals surface area contributed by atoms with Crippen LogP contribution in [0.15, 0.2) is 78.9 Å². The van der Waals surface area contributed by atoms with Crippen molar-refractivity contribution in [3.05, 3.63) is 95.6 Å². The van der Waals surface area contributed by atoms with Gasteiger partial charge in [-0.15, -0.1) is 0 Å². The maximum Gasteiger partial charge on any atom is 0.347 e. The number of hydrogen-bond acceptors (Lipinski definition) is 5. The highest BCUT2D eigenvalue weighted by molar-refractivity contribution is 6.07. The zero-order chi connectivity index (χ0) is 21.5. The fourth-order valence-corrected chi connectivity index (χ4v) is 2.81. The molecule has 152 valence electrons. The number of hydrogen-bond donors (Lipinski definition) is 0. The molecular weight excluding hydrogens is 378 g/mol. The van der Waals surface area contributed by atoms with Gasteiger partial charge in [0, 0.05) is 25.3 Å². The van der Waals surface area contributed by atoms with E-state index >= 15 is 0 Å². The highest BCUT2D eigenvalue weighted by Crippen LogP contribution is 2.21. The Morgan fingerprint density at radius 3 is 2.17 bits per heavy atom. The fraction of sp³-hybridized carbons (Fsp3) is 0.120. The largest absolute Gasteiger partial charge is 0.496 e. The average molecular weight is 401 g/mol. The highest BCUT2D eigenvalue weighted by atomic mass is 16.5. The summed E-state index contributed by atoms with van der Waals surface area (Å²) in [5.41, 5.74) is 2.88. The Hall–Kier alpha value is -3.86. The lowest BCUT2D eigenvalue weighted by atomic mass is 10.1. The van der Waals surface area contributed by atoms with Gasteiger partial charge in [-0.25, -0.2) is 4.79 Å². The van der Waals surface area contributed by atoms with Gasteiger partial charge >= 0.3 is 5.97 Å². The highest BCUT2D eigenvalue weighted by Gasteiger charge is 2.14. The summed E-state index contributed by atoms with van der Waals surface area (Å²) in [7, 11) is 5.45. The first-order chi connectivity index (χ1) is 14.5. The van der Waals surface area contributed by atoms with E-state index in [1.54, 1.807) is 54.6 Å². The fourth-order valence-electron chi connectivity index (χ4n) is 2.81. The van der Waals surface area contributed by atoms with Gasteiger partial charge in [-0.2, -0.15) is 0 Å². The molecule has 0 bridgehead atoms. The van der Waals surface area contributed by atoms with Gasteiger partial charge in [0.05, 0.1) is 7.11 Å². The third-order valence-electron chi connectivity index (χ3n) is 4.51. The Morgan fingerprint density at radius 1 is 0.867 bits per heavy atom. The van der Waals surface area contributed by atoms with Crippen molar-refractivity contribution < 1.29 is 19.1 Å². The maximum atomic E-state index is 12.4. The number of methoxy groups -OCH3 is 1. The van der Waals surface area contributed by atoms with Crippen molar-refractivity contribution in [3.63, 3.8) is 0 Å². The lowest BCUT2D eigenvalue weighted by molar-refractivity contribution is 0.0731. The topological polar surface area (TPSA) is 55.8 Å². The molecule has 3 rings (SSSR count). The molecule has 0 spiro atoms. The third-order valence-corrected chi connectivity index (χ3v) is 4.51. The van der Waals surface area contributed by atoms with E-state index in [4.69, 9.17) is 9.47 Å². The van der Waals surface area contributed by atoms with Gasteiger partial charge in [0.2, 0.25) is 0 Å². The van der Waals surface area contributed by atoms with Crippen molar-refractivity contribution in [2.45, 2.75) is 0 Å². The number of carbonyl (C=O) groups excluding carboxylic acids is 2. The third kappa shape index (κ3) is 5.14. The molecule has 0 saturated carbocycles. The minimum absolute atomic E-state index is 0.130. The molecule has 0 unspecified atom stereocenters. The van der Waals surface area contributed by atoms with Crippen LogP contribution in [0.1, 0.15) is 26.3 Å². The number of ether oxygens (including phenoxy) is 2. The first-order valence-electron chi connectivity index (χ1n) is 9.43. The number of carbonyl (C=O) groups is 2. The van der Waals surface area contributed by atoms with E-state index in [1.807, 2.05) is 43.3 Å². The molecule has 0 aliphatic carbocycles. The monoisotopic (exact) mass is 401 g/mol. The van der Waals surface area contributed by atoms with Gasteiger partial charge in [0.15, 0.2) is 5.78 Å². The molecule has 0 amide bonds. The Bertz CT molecular complexity index is 1050. The second-order valence-corrected chi connectivity index (χ2v) is 6.80. The van der Waals surface area contributed by atoms with Gasteiger partial charge in [0.25, 0.3) is 0 Å². The minimum Gasteiger partial charge on any atom is -0.496 e. The summed E-state index contributed by atoms with van der Waals surface area (Å²) in [6.07, 6.45) is 3.30. The number of anilines is 1. The van der Waals surface area contributed by atoms with Crippen molar-refractivity contribution in [1.29, 1.82) is 0 Å². The predicted molar refractivity (Wildman–Crippen MR) is 119 cm³/mol. The molecule has 0 radical (unpaired) electrons. The molecule has 0 aromatic heterocycles. The number of rotatable bonds is 7. The lowest BCUT2D eigenvalue weighted by Gasteiger charge is -2.11. The van der Waals surface area contributed by atoms with Crippen LogP contribution in [-0.4, -0.2) is 33.0 Å². The first kappa shape index (κ1) is 20.9. The summed E-state index contributed by atoms with van der Waals surface area (Å²) < 4.78 is 10.6. The number of nitrogens with zero attached hydrogens (tertiary/aromatic N) is 1. The van der Waals surface area contributed by atoms with Crippen LogP contribution in [0.3, 0.4) is 0 Å². The Morgan fingerprint density at radius 2 is 1.53 bits per heavy atom. The van der Waals surface area contributed by atoms with E-state index in [1.165, 1.54) is 13.2 Å². The van der Waals surface area contributed by atoms with E-state index in [0.29, 0.717) is 22.6 Å². The smallest absolute Gasteiger partial charge is 0.347 e. The van der Waals surface area contributed by atoms with Crippen LogP contribution in [0, 0.1) is 0 Å². The summed E-state index contributed by atoms with van der Waals surface area (Å²) in [5.74, 6) is 0.144. The molecule has 0 N–H and O–H groups in total. The second-order valence-electron chi connectivity index (χ2n) is 6.80. The molecule has 3 aromatic carbocycles. The zero-order valence-electron chi connectivity index (χ0n) is 17.2. The Balaban J connectivity index is 1.64. The Kier molecular flexibility index (Phi) is 6.65. The molecule has 5 nitrogen and oxygen atoms in total. The zero-order valence-corrected chi connectivity index (χ0v) is 17.2. The van der Waals surface area contributed by atoms with Crippen LogP contribution < -0.4 is 14.4 Å². The van der Waals surface area contributed by atoms with Gasteiger partial charge in [-0.1, -0.05) is 30.3 Å². The standard InChI is InChI=1S/C25H23NO4/c1-26(2)20-13-8-18(9-14-20)10-17-23(27)19-11-15-21(16-12-19)30-25(28)22-6-4-5-7-24(22)29-3/h4-17H,1-3H3. The van der Waals surface area contributed by atoms with Gasteiger partial charge in [-0.3, -0.25) is 4.79 Å². The molecule has 0 saturated heterocycles. The van der Waals surface area contributed by atoms with Crippen molar-refractivity contribution in [2.75, 3.05) is 26.1 Å². The summed E-state index contributed by atoms with van der Waals surface area (Å²) >= 11 is 0. The van der Waals surface area contributed by atoms with Crippen LogP contribution in [0.25, 0.3) is 6.08 Å². The SMILES string of the molecule is COc1ccccc1C(=O)Oc1ccc(C(=O)C=Cc2ccc(N(C)C)cc2)cc1. The maximum absolute atomic E-state index is 12.4. The van der Waals surface area contributed by atoms with Crippen LogP contribution in [0.2, 0.25) is 0 Å². The van der Waals surface area contributed by atoms with E-state index < -0.39 is 5.97 Å². The quantitative estimate of drug-likeness (QED) is 0.245. The summed E-state index contributed by atoms with van der Waals surface area (Å²) in [6.45, 7) is 0. The molecule has 0 fully saturated rings. The number of esters is 1. The normalized spacial score (nSPS) is 10.6. The van der Waals surface area contributed by atoms with Gasteiger partial charge < -0.3 is 14.4 Å². The van der Waals surface area contributed by atoms with E-state index in [2.05, 4.69) is 0 Å². The van der Waals surface area contributed by atoms with Crippen LogP contribution in [-0.2, 0) is 0 Å². The number of para-hydroxylation sites is 1. The van der Waals surface area contributed by atoms with E-state index in [0.717, 1.165) is 11.3 Å². The first-order valence-corrected chi connectivity index (χ1v) is 9.43. The molecule has 0 atom stereocenters. The van der Waals surface area contributed by atoms with Crippen LogP contribution in [0.4, 0.5) is 5.69 Å². The molecule has 30 heavy (non-hydrogen) atoms. The summed E-state index contributed by atoms with van der Waals surface area (Å²) in [6, 6.07) is 21.2. The molecular formula is C25H23NO4. The Labute approximate surface area is 176 Å². The van der Waals surface area contributed by atoms with Crippen molar-refractivity contribution in [2.24, 2.45) is 0 Å². The van der Waals surface area contributed by atoms with Gasteiger partial charge in [0.1, 0.15) is 17.1 Å². The summed E-state index contributed by atoms with van der Waals surface area (Å²) in [4.78, 5) is 26.8. The van der Waals surface area contributed by atoms with Crippen molar-refractivity contribution in [3.8, 4) is 11.5 Å². The molecule has 5 heteroatoms. The minimum atomic E-state index is -0.521. The second kappa shape index (κ2) is 9.56. The average Bonchev–Trinajstić information content (AvgIpc) is 2.78. The molecule has 3 aromatic rings. The lowest BCUT2D eigenvalue weighted by Crippen LogP contribution is -2.10. The van der Waals surface area contributed by atoms with E-state index in [-0.39, 0.29) is 5.78 Å². The number of allylic oxidation sites excluding steroid dienone is 1. The molecule has 0 aliphatic rings. The van der Waals surface area contributed by atoms with Crippen molar-refractivity contribution in [1.82, 2.24) is 0 Å². The van der Waals surface area contributed by atoms with E-state index in [9.17, 15) is 9.59 Å². The van der Waals surface area contributed by atoms with Crippen molar-refractivity contribution >= 4 is 23.5 Å². The number of ketones is 1. The molecule has 0 aliphatic heterocycles. The van der Waals surface area contributed by atoms with Crippen LogP contribution >= 0.6 is 0 Å².